The quantitative estimate of drug-likeness (QED) is 0.126. The van der Waals surface area contributed by atoms with Crippen molar-refractivity contribution in [1.82, 2.24) is 0 Å². The van der Waals surface area contributed by atoms with E-state index in [1.54, 1.807) is 0 Å². The summed E-state index contributed by atoms with van der Waals surface area (Å²) >= 11 is 0. The third-order valence-corrected chi connectivity index (χ3v) is 21.1. The second-order valence-electron chi connectivity index (χ2n) is 26.9. The Bertz CT molecular complexity index is 6550. The summed E-state index contributed by atoms with van der Waals surface area (Å²) in [5.74, 6) is 0. The average Bonchev–Trinajstić information content (AvgIpc) is 0.729. The second kappa shape index (κ2) is 25.5. The standard InChI is InChI=1S/C52H34.C50H32/c1-3-15-36(16-4-1)41-19-7-8-20-42(41)38-29-27-35-28-30-39(34-40(35)33-38)51-46-23-11-13-25-48(46)52(49-26-14-12-24-47(49)51)50-32-31-43(37-17-5-2-6-18-37)44-21-9-10-22-45(44)50;1-2-13-35(14-3-1)41-28-29-48(43-17-7-6-16-42(41)43)50-46-20-10-8-18-44(46)49(45-19-9-11-21-47(45)50)39-27-24-34-23-26-38(31-40(34)32-39)37-25-22-33-12-4-5-15-36(33)30-37/h1-34H;1-32H. The van der Waals surface area contributed by atoms with Crippen LogP contribution in [0.5, 0.6) is 0 Å². The Morgan fingerprint density at radius 2 is 0.333 bits per heavy atom. The predicted octanol–water partition coefficient (Wildman–Crippen LogP) is 28.8. The van der Waals surface area contributed by atoms with Gasteiger partial charge < -0.3 is 0 Å². The number of hydrogen-bond acceptors (Lipinski definition) is 0. The average molecular weight is 1290 g/mol. The molecule has 0 amide bonds. The molecule has 0 heterocycles. The molecule has 0 aliphatic heterocycles. The number of fused-ring (bicyclic) bond motifs is 9. The van der Waals surface area contributed by atoms with E-state index in [1.165, 1.54) is 197 Å². The van der Waals surface area contributed by atoms with E-state index < -0.39 is 0 Å². The molecule has 20 rings (SSSR count). The molecule has 0 heteroatoms. The van der Waals surface area contributed by atoms with Gasteiger partial charge in [-0.2, -0.15) is 0 Å². The van der Waals surface area contributed by atoms with Crippen molar-refractivity contribution in [2.24, 2.45) is 0 Å². The molecule has 0 radical (unpaired) electrons. The Morgan fingerprint density at radius 3 is 0.725 bits per heavy atom. The molecule has 0 atom stereocenters. The number of hydrogen-bond donors (Lipinski definition) is 0. The molecule has 0 spiro atoms. The van der Waals surface area contributed by atoms with E-state index >= 15 is 0 Å². The fraction of sp³-hybridized carbons (Fsp3) is 0. The molecule has 0 fully saturated rings. The van der Waals surface area contributed by atoms with Crippen molar-refractivity contribution in [3.8, 4) is 100 Å². The first-order chi connectivity index (χ1) is 50.6. The Morgan fingerprint density at radius 1 is 0.0980 bits per heavy atom. The monoisotopic (exact) mass is 1290 g/mol. The summed E-state index contributed by atoms with van der Waals surface area (Å²) in [5, 5.41) is 22.7. The van der Waals surface area contributed by atoms with Crippen molar-refractivity contribution in [3.63, 3.8) is 0 Å². The van der Waals surface area contributed by atoms with Crippen LogP contribution in [0.2, 0.25) is 0 Å². The summed E-state index contributed by atoms with van der Waals surface area (Å²) in [6.45, 7) is 0. The lowest BCUT2D eigenvalue weighted by atomic mass is 9.83. The molecule has 0 saturated carbocycles. The minimum Gasteiger partial charge on any atom is -0.0622 e. The normalized spacial score (nSPS) is 11.5. The second-order valence-corrected chi connectivity index (χ2v) is 26.9. The van der Waals surface area contributed by atoms with Crippen molar-refractivity contribution >= 4 is 97.0 Å². The zero-order chi connectivity index (χ0) is 67.5. The molecule has 474 valence electrons. The van der Waals surface area contributed by atoms with Gasteiger partial charge >= 0.3 is 0 Å². The van der Waals surface area contributed by atoms with Crippen LogP contribution in [0, 0.1) is 0 Å². The topological polar surface area (TPSA) is 0 Å². The van der Waals surface area contributed by atoms with Crippen LogP contribution >= 0.6 is 0 Å². The molecule has 20 aromatic rings. The minimum atomic E-state index is 1.22. The molecule has 0 aliphatic rings. The minimum absolute atomic E-state index is 1.22. The highest BCUT2D eigenvalue weighted by Crippen LogP contribution is 2.50. The highest BCUT2D eigenvalue weighted by molar-refractivity contribution is 6.26. The lowest BCUT2D eigenvalue weighted by molar-refractivity contribution is 1.59. The molecule has 0 N–H and O–H groups in total. The van der Waals surface area contributed by atoms with Crippen LogP contribution in [0.3, 0.4) is 0 Å². The zero-order valence-corrected chi connectivity index (χ0v) is 56.1. The van der Waals surface area contributed by atoms with Crippen LogP contribution in [0.15, 0.2) is 400 Å². The van der Waals surface area contributed by atoms with Crippen molar-refractivity contribution < 1.29 is 0 Å². The SMILES string of the molecule is c1ccc(-c2ccc(-c3c4ccccc4c(-c4ccc5ccc(-c6ccc7ccccc7c6)cc5c4)c4ccccc34)c3ccccc23)cc1.c1ccc(-c2ccccc2-c2ccc3ccc(-c4c5ccccc5c(-c5ccc(-c6ccccc6)c6ccccc56)c5ccccc45)cc3c2)cc1. The van der Waals surface area contributed by atoms with Crippen molar-refractivity contribution in [3.05, 3.63) is 400 Å². The summed E-state index contributed by atoms with van der Waals surface area (Å²) in [7, 11) is 0. The Labute approximate surface area is 593 Å². The van der Waals surface area contributed by atoms with Gasteiger partial charge in [-0.05, 0) is 227 Å². The highest BCUT2D eigenvalue weighted by Gasteiger charge is 2.22. The van der Waals surface area contributed by atoms with E-state index in [0.29, 0.717) is 0 Å². The van der Waals surface area contributed by atoms with Crippen LogP contribution in [-0.4, -0.2) is 0 Å². The summed E-state index contributed by atoms with van der Waals surface area (Å²) in [6, 6.07) is 147. The van der Waals surface area contributed by atoms with Gasteiger partial charge in [-0.15, -0.1) is 0 Å². The Kier molecular flexibility index (Phi) is 15.0. The Hall–Kier alpha value is -13.3. The number of benzene rings is 20. The van der Waals surface area contributed by atoms with E-state index in [9.17, 15) is 0 Å². The van der Waals surface area contributed by atoms with Gasteiger partial charge in [0.2, 0.25) is 0 Å². The van der Waals surface area contributed by atoms with Gasteiger partial charge in [0.05, 0.1) is 0 Å². The van der Waals surface area contributed by atoms with Gasteiger partial charge in [0.25, 0.3) is 0 Å². The van der Waals surface area contributed by atoms with Crippen LogP contribution in [0.25, 0.3) is 197 Å². The summed E-state index contributed by atoms with van der Waals surface area (Å²) < 4.78 is 0. The van der Waals surface area contributed by atoms with Crippen molar-refractivity contribution in [2.75, 3.05) is 0 Å². The van der Waals surface area contributed by atoms with Gasteiger partial charge in [-0.1, -0.05) is 370 Å². The van der Waals surface area contributed by atoms with Crippen LogP contribution in [0.1, 0.15) is 0 Å². The third kappa shape index (κ3) is 10.6. The maximum absolute atomic E-state index is 2.39. The maximum Gasteiger partial charge on any atom is -0.00201 e. The van der Waals surface area contributed by atoms with Gasteiger partial charge in [0.1, 0.15) is 0 Å². The fourth-order valence-corrected chi connectivity index (χ4v) is 16.4. The lowest BCUT2D eigenvalue weighted by Crippen LogP contribution is -1.92. The highest BCUT2D eigenvalue weighted by atomic mass is 14.3. The van der Waals surface area contributed by atoms with Crippen LogP contribution in [0.4, 0.5) is 0 Å². The lowest BCUT2D eigenvalue weighted by Gasteiger charge is -2.20. The molecule has 20 aromatic carbocycles. The molecule has 102 heavy (non-hydrogen) atoms. The first-order valence-corrected chi connectivity index (χ1v) is 35.4. The first kappa shape index (κ1) is 60.0. The Balaban J connectivity index is 0.000000141. The molecular weight excluding hydrogens is 1230 g/mol. The summed E-state index contributed by atoms with van der Waals surface area (Å²) in [6.07, 6.45) is 0. The number of rotatable bonds is 9. The summed E-state index contributed by atoms with van der Waals surface area (Å²) in [5.41, 5.74) is 22.5. The fourth-order valence-electron chi connectivity index (χ4n) is 16.4. The molecule has 0 nitrogen and oxygen atoms in total. The van der Waals surface area contributed by atoms with E-state index in [1.807, 2.05) is 0 Å². The molecule has 0 aliphatic carbocycles. The molecule has 0 unspecified atom stereocenters. The molecule has 0 bridgehead atoms. The van der Waals surface area contributed by atoms with Gasteiger partial charge in [0.15, 0.2) is 0 Å². The van der Waals surface area contributed by atoms with Gasteiger partial charge in [-0.3, -0.25) is 0 Å². The first-order valence-electron chi connectivity index (χ1n) is 35.4. The van der Waals surface area contributed by atoms with Gasteiger partial charge in [0, 0.05) is 0 Å². The van der Waals surface area contributed by atoms with Crippen molar-refractivity contribution in [2.45, 2.75) is 0 Å². The van der Waals surface area contributed by atoms with E-state index in [2.05, 4.69) is 400 Å². The largest absolute Gasteiger partial charge is 0.0622 e. The van der Waals surface area contributed by atoms with E-state index in [0.717, 1.165) is 0 Å². The van der Waals surface area contributed by atoms with E-state index in [-0.39, 0.29) is 0 Å². The summed E-state index contributed by atoms with van der Waals surface area (Å²) in [4.78, 5) is 0. The molecule has 0 aromatic heterocycles. The molecular formula is C102H66. The van der Waals surface area contributed by atoms with Gasteiger partial charge in [-0.25, -0.2) is 0 Å². The van der Waals surface area contributed by atoms with E-state index in [4.69, 9.17) is 0 Å². The predicted molar refractivity (Wildman–Crippen MR) is 439 cm³/mol. The third-order valence-electron chi connectivity index (χ3n) is 21.1. The molecule has 0 saturated heterocycles. The van der Waals surface area contributed by atoms with Crippen molar-refractivity contribution in [1.29, 1.82) is 0 Å². The maximum atomic E-state index is 2.39. The smallest absolute Gasteiger partial charge is 0.00201 e. The van der Waals surface area contributed by atoms with Crippen LogP contribution in [-0.2, 0) is 0 Å². The van der Waals surface area contributed by atoms with Crippen LogP contribution < -0.4 is 0 Å². The zero-order valence-electron chi connectivity index (χ0n) is 56.1.